The summed E-state index contributed by atoms with van der Waals surface area (Å²) >= 11 is 5.87. The van der Waals surface area contributed by atoms with Gasteiger partial charge in [0.05, 0.1) is 23.9 Å². The van der Waals surface area contributed by atoms with Gasteiger partial charge >= 0.3 is 0 Å². The second-order valence-electron chi connectivity index (χ2n) is 3.90. The second-order valence-corrected chi connectivity index (χ2v) is 4.34. The highest BCUT2D eigenvalue weighted by Gasteiger charge is 2.22. The molecule has 1 saturated heterocycles. The number of nitrogens with zero attached hydrogens (tertiary/aromatic N) is 2. The molecular weight excluding hydrogens is 224 g/mol. The quantitative estimate of drug-likeness (QED) is 0.791. The van der Waals surface area contributed by atoms with Crippen LogP contribution in [0.3, 0.4) is 0 Å². The minimum atomic E-state index is 0.355. The Morgan fingerprint density at radius 1 is 1.56 bits per heavy atom. The molecule has 1 aliphatic heterocycles. The molecule has 0 aromatic heterocycles. The van der Waals surface area contributed by atoms with Gasteiger partial charge in [0.2, 0.25) is 0 Å². The summed E-state index contributed by atoms with van der Waals surface area (Å²) in [6, 6.07) is 7.92. The molecule has 0 amide bonds. The van der Waals surface area contributed by atoms with Crippen LogP contribution in [0.4, 0.5) is 5.69 Å². The number of ether oxygens (including phenoxy) is 1. The third kappa shape index (κ3) is 2.13. The summed E-state index contributed by atoms with van der Waals surface area (Å²) in [7, 11) is 1.99. The molecule has 1 heterocycles. The van der Waals surface area contributed by atoms with Crippen LogP contribution in [0.2, 0.25) is 5.02 Å². The monoisotopic (exact) mass is 236 g/mol. The van der Waals surface area contributed by atoms with E-state index in [1.165, 1.54) is 0 Å². The predicted octanol–water partition coefficient (Wildman–Crippen LogP) is 2.44. The maximum atomic E-state index is 9.07. The Balaban J connectivity index is 2.28. The van der Waals surface area contributed by atoms with Crippen molar-refractivity contribution in [2.45, 2.75) is 12.5 Å². The van der Waals surface area contributed by atoms with E-state index in [1.807, 2.05) is 19.2 Å². The Bertz CT molecular complexity index is 422. The molecule has 1 aliphatic rings. The maximum absolute atomic E-state index is 9.07. The first-order valence-electron chi connectivity index (χ1n) is 5.22. The number of nitriles is 1. The third-order valence-electron chi connectivity index (χ3n) is 2.91. The molecular formula is C12H13ClN2O. The molecule has 1 unspecified atom stereocenters. The van der Waals surface area contributed by atoms with E-state index in [9.17, 15) is 0 Å². The number of rotatable bonds is 2. The lowest BCUT2D eigenvalue weighted by molar-refractivity contribution is 0.193. The van der Waals surface area contributed by atoms with Crippen molar-refractivity contribution in [2.24, 2.45) is 0 Å². The van der Waals surface area contributed by atoms with E-state index < -0.39 is 0 Å². The Morgan fingerprint density at radius 2 is 2.38 bits per heavy atom. The lowest BCUT2D eigenvalue weighted by Gasteiger charge is -2.26. The van der Waals surface area contributed by atoms with Crippen molar-refractivity contribution >= 4 is 17.3 Å². The molecule has 16 heavy (non-hydrogen) atoms. The minimum Gasteiger partial charge on any atom is -0.379 e. The highest BCUT2D eigenvalue weighted by atomic mass is 35.5. The predicted molar refractivity (Wildman–Crippen MR) is 63.8 cm³/mol. The first kappa shape index (κ1) is 11.3. The Hall–Kier alpha value is -1.24. The van der Waals surface area contributed by atoms with Crippen molar-refractivity contribution in [1.29, 1.82) is 5.26 Å². The van der Waals surface area contributed by atoms with Crippen LogP contribution in [0.15, 0.2) is 18.2 Å². The average Bonchev–Trinajstić information content (AvgIpc) is 2.81. The van der Waals surface area contributed by atoms with E-state index in [4.69, 9.17) is 21.6 Å². The van der Waals surface area contributed by atoms with Gasteiger partial charge in [-0.25, -0.2) is 0 Å². The number of hydrogen-bond acceptors (Lipinski definition) is 3. The SMILES string of the molecule is CN(c1ccc(Cl)cc1C#N)C1CCOC1. The maximum Gasteiger partial charge on any atom is 0.101 e. The topological polar surface area (TPSA) is 36.3 Å². The van der Waals surface area contributed by atoms with Gasteiger partial charge in [-0.05, 0) is 24.6 Å². The summed E-state index contributed by atoms with van der Waals surface area (Å²) in [6.07, 6.45) is 1.00. The minimum absolute atomic E-state index is 0.355. The summed E-state index contributed by atoms with van der Waals surface area (Å²) in [4.78, 5) is 2.10. The summed E-state index contributed by atoms with van der Waals surface area (Å²) in [5.41, 5.74) is 1.53. The van der Waals surface area contributed by atoms with Crippen LogP contribution in [-0.4, -0.2) is 26.3 Å². The van der Waals surface area contributed by atoms with Gasteiger partial charge in [-0.1, -0.05) is 11.6 Å². The zero-order valence-electron chi connectivity index (χ0n) is 9.11. The van der Waals surface area contributed by atoms with Gasteiger partial charge in [0, 0.05) is 18.7 Å². The smallest absolute Gasteiger partial charge is 0.101 e. The van der Waals surface area contributed by atoms with Crippen molar-refractivity contribution in [3.05, 3.63) is 28.8 Å². The lowest BCUT2D eigenvalue weighted by Crippen LogP contribution is -2.32. The van der Waals surface area contributed by atoms with Crippen molar-refractivity contribution < 1.29 is 4.74 Å². The van der Waals surface area contributed by atoms with E-state index in [1.54, 1.807) is 6.07 Å². The molecule has 4 heteroatoms. The normalized spacial score (nSPS) is 19.4. The standard InChI is InChI=1S/C12H13ClN2O/c1-15(11-4-5-16-8-11)12-3-2-10(13)6-9(12)7-14/h2-3,6,11H,4-5,8H2,1H3. The van der Waals surface area contributed by atoms with Gasteiger partial charge in [0.15, 0.2) is 0 Å². The summed E-state index contributed by atoms with van der Waals surface area (Å²) < 4.78 is 5.35. The van der Waals surface area contributed by atoms with Crippen molar-refractivity contribution in [3.8, 4) is 6.07 Å². The highest BCUT2D eigenvalue weighted by Crippen LogP contribution is 2.26. The molecule has 0 radical (unpaired) electrons. The molecule has 84 valence electrons. The molecule has 0 bridgehead atoms. The van der Waals surface area contributed by atoms with Gasteiger partial charge in [0.25, 0.3) is 0 Å². The van der Waals surface area contributed by atoms with Crippen LogP contribution < -0.4 is 4.90 Å². The van der Waals surface area contributed by atoms with Crippen LogP contribution in [0, 0.1) is 11.3 Å². The second kappa shape index (κ2) is 4.73. The Kier molecular flexibility index (Phi) is 3.33. The number of halogens is 1. The number of hydrogen-bond donors (Lipinski definition) is 0. The molecule has 1 atom stereocenters. The number of benzene rings is 1. The molecule has 0 aliphatic carbocycles. The van der Waals surface area contributed by atoms with E-state index in [-0.39, 0.29) is 0 Å². The fourth-order valence-electron chi connectivity index (χ4n) is 1.93. The molecule has 1 aromatic carbocycles. The molecule has 0 N–H and O–H groups in total. The molecule has 0 saturated carbocycles. The molecule has 0 spiro atoms. The average molecular weight is 237 g/mol. The van der Waals surface area contributed by atoms with Crippen LogP contribution in [0.25, 0.3) is 0 Å². The Morgan fingerprint density at radius 3 is 3.00 bits per heavy atom. The zero-order valence-corrected chi connectivity index (χ0v) is 9.87. The van der Waals surface area contributed by atoms with Crippen molar-refractivity contribution in [3.63, 3.8) is 0 Å². The van der Waals surface area contributed by atoms with E-state index in [0.29, 0.717) is 16.6 Å². The van der Waals surface area contributed by atoms with Gasteiger partial charge < -0.3 is 9.64 Å². The van der Waals surface area contributed by atoms with Gasteiger partial charge in [-0.2, -0.15) is 5.26 Å². The van der Waals surface area contributed by atoms with E-state index in [2.05, 4.69) is 11.0 Å². The highest BCUT2D eigenvalue weighted by molar-refractivity contribution is 6.30. The van der Waals surface area contributed by atoms with Gasteiger partial charge in [-0.3, -0.25) is 0 Å². The summed E-state index contributed by atoms with van der Waals surface area (Å²) in [5.74, 6) is 0. The third-order valence-corrected chi connectivity index (χ3v) is 3.15. The largest absolute Gasteiger partial charge is 0.379 e. The summed E-state index contributed by atoms with van der Waals surface area (Å²) in [5, 5.41) is 9.66. The van der Waals surface area contributed by atoms with Crippen LogP contribution in [-0.2, 0) is 4.74 Å². The van der Waals surface area contributed by atoms with Gasteiger partial charge in [0.1, 0.15) is 6.07 Å². The zero-order chi connectivity index (χ0) is 11.5. The lowest BCUT2D eigenvalue weighted by atomic mass is 10.1. The molecule has 1 fully saturated rings. The van der Waals surface area contributed by atoms with E-state index >= 15 is 0 Å². The fraction of sp³-hybridized carbons (Fsp3) is 0.417. The molecule has 3 nitrogen and oxygen atoms in total. The molecule has 2 rings (SSSR count). The van der Waals surface area contributed by atoms with Crippen molar-refractivity contribution in [2.75, 3.05) is 25.2 Å². The Labute approximate surface area is 100 Å². The van der Waals surface area contributed by atoms with Crippen LogP contribution in [0.5, 0.6) is 0 Å². The van der Waals surface area contributed by atoms with Crippen molar-refractivity contribution in [1.82, 2.24) is 0 Å². The van der Waals surface area contributed by atoms with Gasteiger partial charge in [-0.15, -0.1) is 0 Å². The fourth-order valence-corrected chi connectivity index (χ4v) is 2.10. The van der Waals surface area contributed by atoms with Crippen LogP contribution >= 0.6 is 11.6 Å². The summed E-state index contributed by atoms with van der Waals surface area (Å²) in [6.45, 7) is 1.52. The number of anilines is 1. The first-order chi connectivity index (χ1) is 7.72. The van der Waals surface area contributed by atoms with E-state index in [0.717, 1.165) is 25.3 Å². The molecule has 1 aromatic rings. The first-order valence-corrected chi connectivity index (χ1v) is 5.60. The number of likely N-dealkylation sites (N-methyl/N-ethyl adjacent to an activating group) is 1. The van der Waals surface area contributed by atoms with Crippen LogP contribution in [0.1, 0.15) is 12.0 Å².